The molecule has 2 N–H and O–H groups in total. The second-order valence-electron chi connectivity index (χ2n) is 8.91. The van der Waals surface area contributed by atoms with Crippen LogP contribution >= 0.6 is 0 Å². The van der Waals surface area contributed by atoms with Crippen LogP contribution in [0.25, 0.3) is 10.9 Å². The molecule has 4 rings (SSSR count). The molecule has 6 heteroatoms. The topological polar surface area (TPSA) is 66.6 Å². The van der Waals surface area contributed by atoms with Gasteiger partial charge in [0.25, 0.3) is 0 Å². The van der Waals surface area contributed by atoms with Crippen molar-refractivity contribution in [2.45, 2.75) is 58.4 Å². The molecule has 0 spiro atoms. The Bertz CT molecular complexity index is 1050. The van der Waals surface area contributed by atoms with Crippen LogP contribution in [0.2, 0.25) is 0 Å². The smallest absolute Gasteiger partial charge is 0.417 e. The quantitative estimate of drug-likeness (QED) is 0.409. The zero-order valence-electron chi connectivity index (χ0n) is 19.9. The van der Waals surface area contributed by atoms with Crippen LogP contribution in [0.4, 0.5) is 10.5 Å². The summed E-state index contributed by atoms with van der Waals surface area (Å²) in [7, 11) is 0. The van der Waals surface area contributed by atoms with Crippen molar-refractivity contribution in [1.29, 1.82) is 0 Å². The molecule has 1 aliphatic heterocycles. The molecule has 1 aromatic heterocycles. The van der Waals surface area contributed by atoms with Gasteiger partial charge in [-0.05, 0) is 99.6 Å². The number of nitrogens with one attached hydrogen (secondary N) is 2. The van der Waals surface area contributed by atoms with E-state index in [-0.39, 0.29) is 0 Å². The van der Waals surface area contributed by atoms with E-state index in [1.54, 1.807) is 12.1 Å². The standard InChI is InChI=1S/C27H35N3O3/c1-4-16-32-22-7-9-23(10-8-22)33-27(31)29-21-6-11-26-24(17-21)25(18-28-26)20-12-14-30(15-13-20)19(3)5-2/h6-11,17-20,28H,4-5,12-16H2,1-3H3,(H,29,31). The Hall–Kier alpha value is -2.99. The molecule has 1 saturated heterocycles. The molecule has 3 aromatic rings. The van der Waals surface area contributed by atoms with Crippen molar-refractivity contribution >= 4 is 22.7 Å². The minimum Gasteiger partial charge on any atom is -0.494 e. The number of anilines is 1. The lowest BCUT2D eigenvalue weighted by molar-refractivity contribution is 0.158. The zero-order chi connectivity index (χ0) is 23.2. The summed E-state index contributed by atoms with van der Waals surface area (Å²) in [6.45, 7) is 9.58. The maximum absolute atomic E-state index is 12.5. The Labute approximate surface area is 196 Å². The Morgan fingerprint density at radius 1 is 1.12 bits per heavy atom. The Balaban J connectivity index is 1.39. The molecule has 6 nitrogen and oxygen atoms in total. The first-order valence-corrected chi connectivity index (χ1v) is 12.1. The van der Waals surface area contributed by atoms with E-state index in [9.17, 15) is 4.79 Å². The average Bonchev–Trinajstić information content (AvgIpc) is 3.26. The van der Waals surface area contributed by atoms with Crippen LogP contribution in [-0.2, 0) is 0 Å². The monoisotopic (exact) mass is 449 g/mol. The number of aromatic amines is 1. The number of hydrogen-bond donors (Lipinski definition) is 2. The van der Waals surface area contributed by atoms with Gasteiger partial charge in [0.2, 0.25) is 0 Å². The molecule has 1 aliphatic rings. The maximum atomic E-state index is 12.5. The highest BCUT2D eigenvalue weighted by Gasteiger charge is 2.25. The van der Waals surface area contributed by atoms with E-state index in [2.05, 4.69) is 42.2 Å². The Morgan fingerprint density at radius 3 is 2.55 bits per heavy atom. The fraction of sp³-hybridized carbons (Fsp3) is 0.444. The van der Waals surface area contributed by atoms with Gasteiger partial charge in [-0.15, -0.1) is 0 Å². The predicted molar refractivity (Wildman–Crippen MR) is 133 cm³/mol. The van der Waals surface area contributed by atoms with Crippen LogP contribution < -0.4 is 14.8 Å². The van der Waals surface area contributed by atoms with Gasteiger partial charge in [0, 0.05) is 28.8 Å². The van der Waals surface area contributed by atoms with Gasteiger partial charge in [-0.3, -0.25) is 5.32 Å². The number of H-pyrrole nitrogens is 1. The van der Waals surface area contributed by atoms with Gasteiger partial charge in [0.05, 0.1) is 6.61 Å². The number of likely N-dealkylation sites (tertiary alicyclic amines) is 1. The fourth-order valence-electron chi connectivity index (χ4n) is 4.54. The second kappa shape index (κ2) is 10.8. The zero-order valence-corrected chi connectivity index (χ0v) is 19.9. The van der Waals surface area contributed by atoms with E-state index < -0.39 is 6.09 Å². The normalized spacial score (nSPS) is 16.0. The van der Waals surface area contributed by atoms with Crippen molar-refractivity contribution in [1.82, 2.24) is 9.88 Å². The van der Waals surface area contributed by atoms with Gasteiger partial charge in [0.1, 0.15) is 11.5 Å². The summed E-state index contributed by atoms with van der Waals surface area (Å²) in [5, 5.41) is 4.04. The number of nitrogens with zero attached hydrogens (tertiary/aromatic N) is 1. The number of hydrogen-bond acceptors (Lipinski definition) is 4. The molecule has 0 saturated carbocycles. The molecular weight excluding hydrogens is 414 g/mol. The first-order chi connectivity index (χ1) is 16.1. The molecule has 0 bridgehead atoms. The molecule has 1 unspecified atom stereocenters. The van der Waals surface area contributed by atoms with Gasteiger partial charge < -0.3 is 19.4 Å². The van der Waals surface area contributed by atoms with Crippen LogP contribution in [0.1, 0.15) is 57.9 Å². The van der Waals surface area contributed by atoms with E-state index in [0.29, 0.717) is 24.3 Å². The number of rotatable bonds is 8. The van der Waals surface area contributed by atoms with Crippen molar-refractivity contribution in [2.75, 3.05) is 25.0 Å². The largest absolute Gasteiger partial charge is 0.494 e. The average molecular weight is 450 g/mol. The summed E-state index contributed by atoms with van der Waals surface area (Å²) in [6, 6.07) is 13.7. The van der Waals surface area contributed by atoms with E-state index in [1.165, 1.54) is 17.4 Å². The van der Waals surface area contributed by atoms with Crippen LogP contribution in [-0.4, -0.2) is 41.7 Å². The van der Waals surface area contributed by atoms with Crippen LogP contribution in [0.3, 0.4) is 0 Å². The molecule has 2 heterocycles. The van der Waals surface area contributed by atoms with E-state index >= 15 is 0 Å². The lowest BCUT2D eigenvalue weighted by atomic mass is 9.88. The van der Waals surface area contributed by atoms with Crippen LogP contribution in [0.15, 0.2) is 48.7 Å². The Kier molecular flexibility index (Phi) is 7.55. The lowest BCUT2D eigenvalue weighted by Crippen LogP contribution is -2.39. The van der Waals surface area contributed by atoms with Crippen molar-refractivity contribution in [2.24, 2.45) is 0 Å². The number of piperidine rings is 1. The second-order valence-corrected chi connectivity index (χ2v) is 8.91. The van der Waals surface area contributed by atoms with Gasteiger partial charge >= 0.3 is 6.09 Å². The minimum absolute atomic E-state index is 0.479. The summed E-state index contributed by atoms with van der Waals surface area (Å²) in [5.41, 5.74) is 3.16. The number of fused-ring (bicyclic) bond motifs is 1. The van der Waals surface area contributed by atoms with Gasteiger partial charge in [-0.25, -0.2) is 4.79 Å². The third-order valence-electron chi connectivity index (χ3n) is 6.65. The van der Waals surface area contributed by atoms with E-state index in [4.69, 9.17) is 9.47 Å². The summed E-state index contributed by atoms with van der Waals surface area (Å²) in [5.74, 6) is 1.78. The third kappa shape index (κ3) is 5.69. The first-order valence-electron chi connectivity index (χ1n) is 12.1. The van der Waals surface area contributed by atoms with Crippen molar-refractivity contribution < 1.29 is 14.3 Å². The number of carbonyl (C=O) groups excluding carboxylic acids is 1. The Morgan fingerprint density at radius 2 is 1.85 bits per heavy atom. The highest BCUT2D eigenvalue weighted by atomic mass is 16.6. The third-order valence-corrected chi connectivity index (χ3v) is 6.65. The number of carbonyl (C=O) groups is 1. The number of ether oxygens (including phenoxy) is 2. The molecule has 1 fully saturated rings. The molecular formula is C27H35N3O3. The minimum atomic E-state index is -0.504. The van der Waals surface area contributed by atoms with Gasteiger partial charge in [0.15, 0.2) is 0 Å². The summed E-state index contributed by atoms with van der Waals surface area (Å²) in [4.78, 5) is 18.4. The highest BCUT2D eigenvalue weighted by Crippen LogP contribution is 2.35. The highest BCUT2D eigenvalue weighted by molar-refractivity contribution is 5.92. The molecule has 2 aromatic carbocycles. The number of benzene rings is 2. The van der Waals surface area contributed by atoms with Crippen LogP contribution in [0.5, 0.6) is 11.5 Å². The van der Waals surface area contributed by atoms with Crippen molar-refractivity contribution in [3.63, 3.8) is 0 Å². The molecule has 0 radical (unpaired) electrons. The molecule has 0 aliphatic carbocycles. The maximum Gasteiger partial charge on any atom is 0.417 e. The van der Waals surface area contributed by atoms with Crippen molar-refractivity contribution in [3.8, 4) is 11.5 Å². The predicted octanol–water partition coefficient (Wildman–Crippen LogP) is 6.55. The number of aromatic nitrogens is 1. The summed E-state index contributed by atoms with van der Waals surface area (Å²) < 4.78 is 11.0. The lowest BCUT2D eigenvalue weighted by Gasteiger charge is -2.35. The van der Waals surface area contributed by atoms with Gasteiger partial charge in [-0.1, -0.05) is 13.8 Å². The summed E-state index contributed by atoms with van der Waals surface area (Å²) in [6.07, 6.45) is 6.10. The van der Waals surface area contributed by atoms with Crippen molar-refractivity contribution in [3.05, 3.63) is 54.2 Å². The van der Waals surface area contributed by atoms with Crippen LogP contribution in [0, 0.1) is 0 Å². The fourth-order valence-corrected chi connectivity index (χ4v) is 4.54. The number of amides is 1. The molecule has 1 atom stereocenters. The van der Waals surface area contributed by atoms with E-state index in [0.717, 1.165) is 49.3 Å². The molecule has 33 heavy (non-hydrogen) atoms. The van der Waals surface area contributed by atoms with E-state index in [1.807, 2.05) is 30.3 Å². The van der Waals surface area contributed by atoms with Gasteiger partial charge in [-0.2, -0.15) is 0 Å². The SMILES string of the molecule is CCCOc1ccc(OC(=O)Nc2ccc3[nH]cc(C4CCN(C(C)CC)CC4)c3c2)cc1. The first kappa shape index (κ1) is 23.2. The molecule has 1 amide bonds. The summed E-state index contributed by atoms with van der Waals surface area (Å²) >= 11 is 0. The molecule has 176 valence electrons.